The summed E-state index contributed by atoms with van der Waals surface area (Å²) in [6, 6.07) is 3.74. The quantitative estimate of drug-likeness (QED) is 0.673. The van der Waals surface area contributed by atoms with Gasteiger partial charge in [0.05, 0.1) is 18.2 Å². The molecule has 0 aromatic carbocycles. The fourth-order valence-electron chi connectivity index (χ4n) is 0.867. The minimum atomic E-state index is 0.403. The largest absolute Gasteiger partial charge is 0.492 e. The van der Waals surface area contributed by atoms with Gasteiger partial charge in [0.1, 0.15) is 5.75 Å². The molecule has 1 aromatic rings. The summed E-state index contributed by atoms with van der Waals surface area (Å²) in [5.41, 5.74) is 0.813. The Labute approximate surface area is 77.5 Å². The Morgan fingerprint density at radius 2 is 2.42 bits per heavy atom. The molecule has 0 unspecified atom stereocenters. The third kappa shape index (κ3) is 2.38. The highest BCUT2D eigenvalue weighted by Gasteiger charge is 2.01. The number of pyridine rings is 1. The van der Waals surface area contributed by atoms with Gasteiger partial charge in [-0.25, -0.2) is 0 Å². The molecule has 12 heavy (non-hydrogen) atoms. The average molecular weight is 186 g/mol. The van der Waals surface area contributed by atoms with E-state index >= 15 is 0 Å². The van der Waals surface area contributed by atoms with E-state index in [-0.39, 0.29) is 0 Å². The minimum absolute atomic E-state index is 0.403. The van der Waals surface area contributed by atoms with E-state index in [1.54, 1.807) is 6.20 Å². The van der Waals surface area contributed by atoms with E-state index in [1.807, 2.05) is 12.1 Å². The first-order valence-corrected chi connectivity index (χ1v) is 4.54. The summed E-state index contributed by atoms with van der Waals surface area (Å²) in [4.78, 5) is 4.09. The third-order valence-electron chi connectivity index (χ3n) is 1.44. The Morgan fingerprint density at radius 3 is 3.08 bits per heavy atom. The molecule has 0 bridgehead atoms. The van der Waals surface area contributed by atoms with Gasteiger partial charge in [0.2, 0.25) is 0 Å². The van der Waals surface area contributed by atoms with Crippen LogP contribution in [0.5, 0.6) is 5.75 Å². The third-order valence-corrected chi connectivity index (χ3v) is 1.69. The first-order valence-electron chi connectivity index (χ1n) is 4.01. The molecule has 0 aliphatic carbocycles. The molecule has 0 atom stereocenters. The van der Waals surface area contributed by atoms with Crippen molar-refractivity contribution >= 4 is 11.6 Å². The van der Waals surface area contributed by atoms with Crippen molar-refractivity contribution in [2.24, 2.45) is 0 Å². The second-order valence-electron chi connectivity index (χ2n) is 2.43. The van der Waals surface area contributed by atoms with E-state index < -0.39 is 0 Å². The fourth-order valence-corrected chi connectivity index (χ4v) is 1.07. The van der Waals surface area contributed by atoms with Crippen LogP contribution in [0.1, 0.15) is 19.0 Å². The van der Waals surface area contributed by atoms with Crippen LogP contribution in [-0.4, -0.2) is 11.6 Å². The molecule has 66 valence electrons. The molecule has 3 heteroatoms. The maximum absolute atomic E-state index is 5.67. The molecule has 0 saturated carbocycles. The van der Waals surface area contributed by atoms with E-state index in [4.69, 9.17) is 16.3 Å². The molecule has 0 radical (unpaired) electrons. The van der Waals surface area contributed by atoms with Crippen LogP contribution in [0.15, 0.2) is 18.3 Å². The molecule has 0 fully saturated rings. The lowest BCUT2D eigenvalue weighted by atomic mass is 10.3. The van der Waals surface area contributed by atoms with Gasteiger partial charge in [-0.05, 0) is 18.6 Å². The van der Waals surface area contributed by atoms with Crippen LogP contribution in [0.25, 0.3) is 0 Å². The van der Waals surface area contributed by atoms with Gasteiger partial charge in [0, 0.05) is 6.20 Å². The summed E-state index contributed by atoms with van der Waals surface area (Å²) in [5.74, 6) is 1.20. The smallest absolute Gasteiger partial charge is 0.142 e. The lowest BCUT2D eigenvalue weighted by molar-refractivity contribution is 0.313. The van der Waals surface area contributed by atoms with E-state index in [0.29, 0.717) is 5.88 Å². The topological polar surface area (TPSA) is 22.1 Å². The van der Waals surface area contributed by atoms with Gasteiger partial charge >= 0.3 is 0 Å². The Bertz CT molecular complexity index is 240. The highest BCUT2D eigenvalue weighted by molar-refractivity contribution is 6.17. The summed E-state index contributed by atoms with van der Waals surface area (Å²) >= 11 is 5.67. The molecule has 0 amide bonds. The highest BCUT2D eigenvalue weighted by atomic mass is 35.5. The van der Waals surface area contributed by atoms with Gasteiger partial charge < -0.3 is 4.74 Å². The molecule has 0 spiro atoms. The Balaban J connectivity index is 2.68. The maximum atomic E-state index is 5.67. The first-order chi connectivity index (χ1) is 5.88. The Hall–Kier alpha value is -0.760. The van der Waals surface area contributed by atoms with Gasteiger partial charge in [0.15, 0.2) is 0 Å². The summed E-state index contributed by atoms with van der Waals surface area (Å²) in [6.07, 6.45) is 2.72. The van der Waals surface area contributed by atoms with E-state index in [1.165, 1.54) is 0 Å². The van der Waals surface area contributed by atoms with Crippen molar-refractivity contribution in [1.29, 1.82) is 0 Å². The van der Waals surface area contributed by atoms with Crippen molar-refractivity contribution in [1.82, 2.24) is 4.98 Å². The maximum Gasteiger partial charge on any atom is 0.142 e. The van der Waals surface area contributed by atoms with Gasteiger partial charge in [0.25, 0.3) is 0 Å². The van der Waals surface area contributed by atoms with E-state index in [9.17, 15) is 0 Å². The molecule has 0 aliphatic heterocycles. The number of rotatable bonds is 4. The normalized spacial score (nSPS) is 9.83. The standard InChI is InChI=1S/C9H12ClNO/c1-2-6-12-9-4-3-5-11-8(9)7-10/h3-5H,2,6-7H2,1H3. The van der Waals surface area contributed by atoms with Crippen molar-refractivity contribution in [2.45, 2.75) is 19.2 Å². The molecule has 0 N–H and O–H groups in total. The van der Waals surface area contributed by atoms with E-state index in [2.05, 4.69) is 11.9 Å². The molecule has 1 heterocycles. The lowest BCUT2D eigenvalue weighted by Gasteiger charge is -2.06. The summed E-state index contributed by atoms with van der Waals surface area (Å²) in [7, 11) is 0. The second kappa shape index (κ2) is 4.99. The van der Waals surface area contributed by atoms with Crippen LogP contribution in [0.2, 0.25) is 0 Å². The number of hydrogen-bond acceptors (Lipinski definition) is 2. The van der Waals surface area contributed by atoms with Crippen molar-refractivity contribution in [2.75, 3.05) is 6.61 Å². The van der Waals surface area contributed by atoms with Crippen LogP contribution in [0.3, 0.4) is 0 Å². The molecule has 0 aliphatic rings. The van der Waals surface area contributed by atoms with Crippen LogP contribution in [0, 0.1) is 0 Å². The predicted molar refractivity (Wildman–Crippen MR) is 49.6 cm³/mol. The molecule has 0 saturated heterocycles. The summed E-state index contributed by atoms with van der Waals surface area (Å²) in [5, 5.41) is 0. The van der Waals surface area contributed by atoms with Crippen LogP contribution >= 0.6 is 11.6 Å². The van der Waals surface area contributed by atoms with Gasteiger partial charge in [-0.2, -0.15) is 0 Å². The molecular weight excluding hydrogens is 174 g/mol. The number of hydrogen-bond donors (Lipinski definition) is 0. The van der Waals surface area contributed by atoms with Gasteiger partial charge in [-0.1, -0.05) is 6.92 Å². The van der Waals surface area contributed by atoms with Crippen molar-refractivity contribution < 1.29 is 4.74 Å². The zero-order valence-electron chi connectivity index (χ0n) is 7.09. The number of aromatic nitrogens is 1. The number of ether oxygens (including phenoxy) is 1. The molecule has 2 nitrogen and oxygen atoms in total. The molecule has 1 rings (SSSR count). The second-order valence-corrected chi connectivity index (χ2v) is 2.70. The van der Waals surface area contributed by atoms with Crippen molar-refractivity contribution in [3.05, 3.63) is 24.0 Å². The molecule has 1 aromatic heterocycles. The van der Waals surface area contributed by atoms with Crippen LogP contribution in [-0.2, 0) is 5.88 Å². The Morgan fingerprint density at radius 1 is 1.58 bits per heavy atom. The van der Waals surface area contributed by atoms with Gasteiger partial charge in [-0.15, -0.1) is 11.6 Å². The summed E-state index contributed by atoms with van der Waals surface area (Å²) in [6.45, 7) is 2.78. The van der Waals surface area contributed by atoms with E-state index in [0.717, 1.165) is 24.5 Å². The fraction of sp³-hybridized carbons (Fsp3) is 0.444. The predicted octanol–water partition coefficient (Wildman–Crippen LogP) is 2.61. The molecular formula is C9H12ClNO. The van der Waals surface area contributed by atoms with Crippen LogP contribution < -0.4 is 4.74 Å². The zero-order valence-corrected chi connectivity index (χ0v) is 7.84. The number of alkyl halides is 1. The Kier molecular flexibility index (Phi) is 3.88. The average Bonchev–Trinajstić information content (AvgIpc) is 2.15. The SMILES string of the molecule is CCCOc1cccnc1CCl. The number of nitrogens with zero attached hydrogens (tertiary/aromatic N) is 1. The first kappa shape index (κ1) is 9.33. The lowest BCUT2D eigenvalue weighted by Crippen LogP contribution is -1.98. The number of halogens is 1. The van der Waals surface area contributed by atoms with Crippen molar-refractivity contribution in [3.8, 4) is 5.75 Å². The van der Waals surface area contributed by atoms with Crippen molar-refractivity contribution in [3.63, 3.8) is 0 Å². The van der Waals surface area contributed by atoms with Gasteiger partial charge in [-0.3, -0.25) is 4.98 Å². The minimum Gasteiger partial charge on any atom is -0.492 e. The summed E-state index contributed by atoms with van der Waals surface area (Å²) < 4.78 is 5.43. The highest BCUT2D eigenvalue weighted by Crippen LogP contribution is 2.16. The zero-order chi connectivity index (χ0) is 8.81. The van der Waals surface area contributed by atoms with Crippen LogP contribution in [0.4, 0.5) is 0 Å². The monoisotopic (exact) mass is 185 g/mol.